The molecule has 1 rings (SSSR count). The number of ketones is 1. The number of hydrogen-bond acceptors (Lipinski definition) is 4. The third-order valence-electron chi connectivity index (χ3n) is 2.23. The van der Waals surface area contributed by atoms with Crippen molar-refractivity contribution in [1.29, 1.82) is 0 Å². The largest absolute Gasteiger partial charge is 0.493 e. The van der Waals surface area contributed by atoms with E-state index in [1.54, 1.807) is 0 Å². The highest BCUT2D eigenvalue weighted by molar-refractivity contribution is 5.90. The highest BCUT2D eigenvalue weighted by Crippen LogP contribution is 2.26. The Morgan fingerprint density at radius 1 is 1.29 bits per heavy atom. The molecule has 0 saturated carbocycles. The summed E-state index contributed by atoms with van der Waals surface area (Å²) in [4.78, 5) is 22.2. The van der Waals surface area contributed by atoms with Crippen LogP contribution < -0.4 is 4.74 Å². The van der Waals surface area contributed by atoms with Crippen LogP contribution in [-0.4, -0.2) is 26.0 Å². The van der Waals surface area contributed by atoms with Gasteiger partial charge in [0.05, 0.1) is 19.8 Å². The average Bonchev–Trinajstić information content (AvgIpc) is 2.28. The summed E-state index contributed by atoms with van der Waals surface area (Å²) in [5.74, 6) is -1.80. The molecule has 92 valence electrons. The maximum Gasteiger partial charge on any atom is 0.340 e. The van der Waals surface area contributed by atoms with Crippen molar-refractivity contribution >= 4 is 11.8 Å². The SMILES string of the molecule is COC(=O)c1ccc(CC(C)=O)c(OC)c1F. The molecule has 0 saturated heterocycles. The predicted octanol–water partition coefficient (Wildman–Crippen LogP) is 1.75. The molecule has 1 aromatic rings. The van der Waals surface area contributed by atoms with E-state index in [1.807, 2.05) is 0 Å². The van der Waals surface area contributed by atoms with E-state index in [-0.39, 0.29) is 23.5 Å². The minimum Gasteiger partial charge on any atom is -0.493 e. The molecule has 0 aliphatic rings. The summed E-state index contributed by atoms with van der Waals surface area (Å²) in [5, 5.41) is 0. The van der Waals surface area contributed by atoms with Crippen molar-refractivity contribution in [3.8, 4) is 5.75 Å². The maximum atomic E-state index is 13.9. The molecule has 0 aliphatic carbocycles. The summed E-state index contributed by atoms with van der Waals surface area (Å²) in [6.45, 7) is 1.39. The quantitative estimate of drug-likeness (QED) is 0.752. The molecule has 5 heteroatoms. The van der Waals surface area contributed by atoms with E-state index in [2.05, 4.69) is 4.74 Å². The summed E-state index contributed by atoms with van der Waals surface area (Å²) in [6, 6.07) is 2.76. The molecule has 17 heavy (non-hydrogen) atoms. The lowest BCUT2D eigenvalue weighted by molar-refractivity contribution is -0.116. The average molecular weight is 240 g/mol. The van der Waals surface area contributed by atoms with Crippen molar-refractivity contribution in [3.63, 3.8) is 0 Å². The molecule has 0 N–H and O–H groups in total. The Morgan fingerprint density at radius 2 is 1.94 bits per heavy atom. The van der Waals surface area contributed by atoms with E-state index in [0.29, 0.717) is 5.56 Å². The second-order valence-corrected chi connectivity index (χ2v) is 3.49. The van der Waals surface area contributed by atoms with E-state index in [4.69, 9.17) is 4.74 Å². The Bertz CT molecular complexity index is 454. The molecule has 0 bridgehead atoms. The van der Waals surface area contributed by atoms with Gasteiger partial charge in [-0.2, -0.15) is 0 Å². The predicted molar refractivity (Wildman–Crippen MR) is 58.7 cm³/mol. The van der Waals surface area contributed by atoms with Crippen molar-refractivity contribution in [1.82, 2.24) is 0 Å². The first-order valence-electron chi connectivity index (χ1n) is 4.94. The Kier molecular flexibility index (Phi) is 4.20. The van der Waals surface area contributed by atoms with Crippen LogP contribution >= 0.6 is 0 Å². The Hall–Kier alpha value is -1.91. The fraction of sp³-hybridized carbons (Fsp3) is 0.333. The molecule has 0 spiro atoms. The Labute approximate surface area is 98.3 Å². The molecular formula is C12H13FO4. The number of methoxy groups -OCH3 is 2. The first-order valence-corrected chi connectivity index (χ1v) is 4.94. The van der Waals surface area contributed by atoms with Crippen molar-refractivity contribution in [2.45, 2.75) is 13.3 Å². The van der Waals surface area contributed by atoms with Crippen molar-refractivity contribution in [3.05, 3.63) is 29.1 Å². The lowest BCUT2D eigenvalue weighted by Gasteiger charge is -2.10. The number of hydrogen-bond donors (Lipinski definition) is 0. The first kappa shape index (κ1) is 13.2. The van der Waals surface area contributed by atoms with E-state index in [0.717, 1.165) is 7.11 Å². The summed E-state index contributed by atoms with van der Waals surface area (Å²) >= 11 is 0. The number of rotatable bonds is 4. The lowest BCUT2D eigenvalue weighted by Crippen LogP contribution is -2.08. The van der Waals surface area contributed by atoms with Crippen LogP contribution in [0.2, 0.25) is 0 Å². The van der Waals surface area contributed by atoms with Crippen LogP contribution in [-0.2, 0) is 16.0 Å². The Morgan fingerprint density at radius 3 is 2.41 bits per heavy atom. The number of benzene rings is 1. The van der Waals surface area contributed by atoms with Gasteiger partial charge in [0.2, 0.25) is 0 Å². The van der Waals surface area contributed by atoms with Crippen LogP contribution in [0.1, 0.15) is 22.8 Å². The van der Waals surface area contributed by atoms with E-state index < -0.39 is 11.8 Å². The van der Waals surface area contributed by atoms with Gasteiger partial charge in [-0.25, -0.2) is 9.18 Å². The molecule has 0 atom stereocenters. The van der Waals surface area contributed by atoms with Gasteiger partial charge in [-0.05, 0) is 13.0 Å². The number of carbonyl (C=O) groups excluding carboxylic acids is 2. The minimum absolute atomic E-state index is 0.0571. The molecular weight excluding hydrogens is 227 g/mol. The van der Waals surface area contributed by atoms with Crippen LogP contribution in [0, 0.1) is 5.82 Å². The summed E-state index contributed by atoms with van der Waals surface area (Å²) in [7, 11) is 2.45. The smallest absolute Gasteiger partial charge is 0.340 e. The van der Waals surface area contributed by atoms with Crippen LogP contribution in [0.3, 0.4) is 0 Å². The topological polar surface area (TPSA) is 52.6 Å². The summed E-state index contributed by atoms with van der Waals surface area (Å²) in [5.41, 5.74) is 0.196. The van der Waals surface area contributed by atoms with E-state index >= 15 is 0 Å². The van der Waals surface area contributed by atoms with E-state index in [1.165, 1.54) is 26.2 Å². The molecule has 0 aromatic heterocycles. The maximum absolute atomic E-state index is 13.9. The van der Waals surface area contributed by atoms with Crippen molar-refractivity contribution < 1.29 is 23.5 Å². The Balaban J connectivity index is 3.26. The molecule has 0 fully saturated rings. The van der Waals surface area contributed by atoms with Crippen LogP contribution in [0.25, 0.3) is 0 Å². The number of esters is 1. The highest BCUT2D eigenvalue weighted by atomic mass is 19.1. The number of Topliss-reactive ketones (excluding diaryl/α,β-unsaturated/α-hetero) is 1. The zero-order valence-electron chi connectivity index (χ0n) is 9.87. The van der Waals surface area contributed by atoms with Gasteiger partial charge in [0.15, 0.2) is 11.6 Å². The molecule has 0 radical (unpaired) electrons. The standard InChI is InChI=1S/C12H13FO4/c1-7(14)6-8-4-5-9(12(15)17-3)10(13)11(8)16-2/h4-5H,6H2,1-3H3. The van der Waals surface area contributed by atoms with Gasteiger partial charge in [-0.15, -0.1) is 0 Å². The van der Waals surface area contributed by atoms with Gasteiger partial charge in [-0.1, -0.05) is 6.07 Å². The molecule has 4 nitrogen and oxygen atoms in total. The lowest BCUT2D eigenvalue weighted by atomic mass is 10.0. The number of halogens is 1. The number of carbonyl (C=O) groups is 2. The minimum atomic E-state index is -0.807. The number of ether oxygens (including phenoxy) is 2. The fourth-order valence-electron chi connectivity index (χ4n) is 1.49. The zero-order valence-corrected chi connectivity index (χ0v) is 9.87. The summed E-state index contributed by atoms with van der Waals surface area (Å²) in [6.07, 6.45) is 0.0571. The van der Waals surface area contributed by atoms with Crippen LogP contribution in [0.4, 0.5) is 4.39 Å². The van der Waals surface area contributed by atoms with Gasteiger partial charge in [0.25, 0.3) is 0 Å². The third kappa shape index (κ3) is 2.81. The second-order valence-electron chi connectivity index (χ2n) is 3.49. The van der Waals surface area contributed by atoms with Crippen LogP contribution in [0.5, 0.6) is 5.75 Å². The van der Waals surface area contributed by atoms with Crippen molar-refractivity contribution in [2.75, 3.05) is 14.2 Å². The zero-order chi connectivity index (χ0) is 13.0. The fourth-order valence-corrected chi connectivity index (χ4v) is 1.49. The third-order valence-corrected chi connectivity index (χ3v) is 2.23. The van der Waals surface area contributed by atoms with E-state index in [9.17, 15) is 14.0 Å². The van der Waals surface area contributed by atoms with Crippen molar-refractivity contribution in [2.24, 2.45) is 0 Å². The monoisotopic (exact) mass is 240 g/mol. The normalized spacial score (nSPS) is 9.88. The molecule has 0 amide bonds. The van der Waals surface area contributed by atoms with Crippen LogP contribution in [0.15, 0.2) is 12.1 Å². The van der Waals surface area contributed by atoms with Gasteiger partial charge in [0.1, 0.15) is 5.78 Å². The highest BCUT2D eigenvalue weighted by Gasteiger charge is 2.19. The first-order chi connectivity index (χ1) is 8.01. The van der Waals surface area contributed by atoms with Gasteiger partial charge < -0.3 is 9.47 Å². The van der Waals surface area contributed by atoms with Gasteiger partial charge in [0, 0.05) is 12.0 Å². The van der Waals surface area contributed by atoms with Gasteiger partial charge in [-0.3, -0.25) is 4.79 Å². The molecule has 0 heterocycles. The summed E-state index contributed by atoms with van der Waals surface area (Å²) < 4.78 is 23.2. The molecule has 1 aromatic carbocycles. The molecule has 0 aliphatic heterocycles. The molecule has 0 unspecified atom stereocenters. The van der Waals surface area contributed by atoms with Gasteiger partial charge >= 0.3 is 5.97 Å². The second kappa shape index (κ2) is 5.43.